The molecule has 0 saturated carbocycles. The second-order valence-corrected chi connectivity index (χ2v) is 11.1. The van der Waals surface area contributed by atoms with Crippen LogP contribution in [0.2, 0.25) is 5.02 Å². The van der Waals surface area contributed by atoms with Gasteiger partial charge in [-0.2, -0.15) is 0 Å². The lowest BCUT2D eigenvalue weighted by Crippen LogP contribution is -2.29. The highest BCUT2D eigenvalue weighted by atomic mass is 79.9. The van der Waals surface area contributed by atoms with Crippen LogP contribution in [0.1, 0.15) is 27.0 Å². The van der Waals surface area contributed by atoms with Crippen LogP contribution in [0.25, 0.3) is 0 Å². The van der Waals surface area contributed by atoms with Crippen molar-refractivity contribution in [2.45, 2.75) is 20.4 Å². The van der Waals surface area contributed by atoms with Crippen LogP contribution in [0.5, 0.6) is 5.75 Å². The highest BCUT2D eigenvalue weighted by molar-refractivity contribution is 9.10. The first kappa shape index (κ1) is 26.1. The third-order valence-electron chi connectivity index (χ3n) is 5.11. The summed E-state index contributed by atoms with van der Waals surface area (Å²) in [6.07, 6.45) is 1.14. The van der Waals surface area contributed by atoms with Gasteiger partial charge in [0, 0.05) is 10.0 Å². The van der Waals surface area contributed by atoms with Gasteiger partial charge in [0.25, 0.3) is 5.91 Å². The van der Waals surface area contributed by atoms with Crippen molar-refractivity contribution in [3.05, 3.63) is 92.4 Å². The van der Waals surface area contributed by atoms with Gasteiger partial charge in [0.15, 0.2) is 0 Å². The van der Waals surface area contributed by atoms with Crippen LogP contribution >= 0.6 is 27.5 Å². The number of carbonyl (C=O) groups is 1. The van der Waals surface area contributed by atoms with Crippen molar-refractivity contribution in [3.8, 4) is 5.75 Å². The lowest BCUT2D eigenvalue weighted by atomic mass is 10.1. The molecule has 3 aromatic carbocycles. The summed E-state index contributed by atoms with van der Waals surface area (Å²) in [5, 5.41) is 3.25. The quantitative estimate of drug-likeness (QED) is 0.348. The number of sulfonamides is 1. The molecule has 1 amide bonds. The number of hydrogen-bond donors (Lipinski definition) is 1. The Bertz CT molecular complexity index is 1280. The van der Waals surface area contributed by atoms with E-state index in [4.69, 9.17) is 16.3 Å². The van der Waals surface area contributed by atoms with E-state index in [-0.39, 0.29) is 12.5 Å². The maximum atomic E-state index is 12.5. The van der Waals surface area contributed by atoms with Gasteiger partial charge >= 0.3 is 0 Å². The van der Waals surface area contributed by atoms with Gasteiger partial charge in [0.05, 0.1) is 30.1 Å². The molecule has 0 bridgehead atoms. The molecule has 6 nitrogen and oxygen atoms in total. The number of anilines is 1. The Labute approximate surface area is 214 Å². The second kappa shape index (κ2) is 11.3. The molecule has 0 aromatic heterocycles. The summed E-state index contributed by atoms with van der Waals surface area (Å²) in [5.74, 6) is 0.571. The molecule has 0 aliphatic rings. The summed E-state index contributed by atoms with van der Waals surface area (Å²) < 4.78 is 32.5. The minimum atomic E-state index is -3.55. The van der Waals surface area contributed by atoms with E-state index in [0.29, 0.717) is 33.9 Å². The molecule has 0 spiro atoms. The first-order chi connectivity index (χ1) is 16.0. The van der Waals surface area contributed by atoms with Crippen molar-refractivity contribution in [1.29, 1.82) is 0 Å². The highest BCUT2D eigenvalue weighted by Crippen LogP contribution is 2.29. The third-order valence-corrected chi connectivity index (χ3v) is 7.48. The molecule has 0 aliphatic carbocycles. The number of carbonyl (C=O) groups excluding carboxylic acids is 1. The van der Waals surface area contributed by atoms with E-state index in [9.17, 15) is 13.2 Å². The average Bonchev–Trinajstić information content (AvgIpc) is 2.77. The number of nitrogens with one attached hydrogen (secondary N) is 1. The zero-order valence-electron chi connectivity index (χ0n) is 19.1. The van der Waals surface area contributed by atoms with Gasteiger partial charge in [-0.3, -0.25) is 9.10 Å². The predicted molar refractivity (Wildman–Crippen MR) is 140 cm³/mol. The van der Waals surface area contributed by atoms with Gasteiger partial charge < -0.3 is 10.1 Å². The van der Waals surface area contributed by atoms with E-state index < -0.39 is 10.0 Å². The van der Waals surface area contributed by atoms with Crippen LogP contribution in [0.15, 0.2) is 65.1 Å². The number of nitrogens with zero attached hydrogens (tertiary/aromatic N) is 1. The van der Waals surface area contributed by atoms with Crippen molar-refractivity contribution in [2.24, 2.45) is 0 Å². The largest absolute Gasteiger partial charge is 0.491 e. The van der Waals surface area contributed by atoms with Gasteiger partial charge in [-0.25, -0.2) is 8.42 Å². The first-order valence-corrected chi connectivity index (χ1v) is 13.6. The molecular formula is C25H26BrClN2O4S. The minimum Gasteiger partial charge on any atom is -0.491 e. The van der Waals surface area contributed by atoms with Crippen molar-refractivity contribution in [3.63, 3.8) is 0 Å². The molecule has 1 N–H and O–H groups in total. The lowest BCUT2D eigenvalue weighted by molar-refractivity contribution is 0.0947. The van der Waals surface area contributed by atoms with Crippen LogP contribution < -0.4 is 14.4 Å². The summed E-state index contributed by atoms with van der Waals surface area (Å²) in [6, 6.07) is 17.7. The molecular weight excluding hydrogens is 540 g/mol. The van der Waals surface area contributed by atoms with Gasteiger partial charge in [-0.1, -0.05) is 41.4 Å². The van der Waals surface area contributed by atoms with Crippen molar-refractivity contribution in [2.75, 3.05) is 23.7 Å². The van der Waals surface area contributed by atoms with Crippen molar-refractivity contribution in [1.82, 2.24) is 5.32 Å². The van der Waals surface area contributed by atoms with Crippen LogP contribution in [0.4, 0.5) is 5.69 Å². The highest BCUT2D eigenvalue weighted by Gasteiger charge is 2.19. The number of hydrogen-bond acceptors (Lipinski definition) is 4. The zero-order chi connectivity index (χ0) is 24.9. The molecule has 0 aliphatic heterocycles. The summed E-state index contributed by atoms with van der Waals surface area (Å²) in [5.41, 5.74) is 3.89. The number of rotatable bonds is 9. The van der Waals surface area contributed by atoms with E-state index >= 15 is 0 Å². The van der Waals surface area contributed by atoms with Crippen LogP contribution in [0, 0.1) is 13.8 Å². The Morgan fingerprint density at radius 2 is 1.76 bits per heavy atom. The fourth-order valence-corrected chi connectivity index (χ4v) is 4.66. The Morgan fingerprint density at radius 3 is 2.38 bits per heavy atom. The van der Waals surface area contributed by atoms with E-state index in [1.165, 1.54) is 9.87 Å². The lowest BCUT2D eigenvalue weighted by Gasteiger charge is -2.23. The van der Waals surface area contributed by atoms with Crippen LogP contribution in [-0.4, -0.2) is 33.7 Å². The first-order valence-electron chi connectivity index (χ1n) is 10.5. The van der Waals surface area contributed by atoms with Crippen molar-refractivity contribution >= 4 is 49.1 Å². The topological polar surface area (TPSA) is 75.7 Å². The molecule has 3 aromatic rings. The van der Waals surface area contributed by atoms with Gasteiger partial charge in [-0.05, 0) is 77.3 Å². The van der Waals surface area contributed by atoms with Gasteiger partial charge in [0.1, 0.15) is 12.4 Å². The molecule has 0 atom stereocenters. The fourth-order valence-electron chi connectivity index (χ4n) is 3.36. The number of amides is 1. The number of benzene rings is 3. The molecule has 0 unspecified atom stereocenters. The molecule has 0 saturated heterocycles. The summed E-state index contributed by atoms with van der Waals surface area (Å²) in [4.78, 5) is 12.5. The van der Waals surface area contributed by atoms with E-state index in [2.05, 4.69) is 21.2 Å². The Morgan fingerprint density at radius 1 is 1.06 bits per heavy atom. The maximum absolute atomic E-state index is 12.5. The number of aryl methyl sites for hydroxylation is 2. The SMILES string of the molecule is Cc1ccc(OCCNC(=O)c2ccc(CN(c3ccc(Br)c(Cl)c3)S(C)(=O)=O)cc2)c(C)c1. The molecule has 0 fully saturated rings. The zero-order valence-corrected chi connectivity index (χ0v) is 22.3. The van der Waals surface area contributed by atoms with E-state index in [0.717, 1.165) is 23.1 Å². The third kappa shape index (κ3) is 6.98. The average molecular weight is 566 g/mol. The maximum Gasteiger partial charge on any atom is 0.251 e. The smallest absolute Gasteiger partial charge is 0.251 e. The molecule has 9 heteroatoms. The summed E-state index contributed by atoms with van der Waals surface area (Å²) >= 11 is 9.46. The number of ether oxygens (including phenoxy) is 1. The molecule has 0 radical (unpaired) electrons. The standard InChI is InChI=1S/C25H26BrClN2O4S/c1-17-4-11-24(18(2)14-17)33-13-12-28-25(30)20-7-5-19(6-8-20)16-29(34(3,31)32)21-9-10-22(26)23(27)15-21/h4-11,14-15H,12-13,16H2,1-3H3,(H,28,30). The number of halogens is 2. The molecule has 0 heterocycles. The van der Waals surface area contributed by atoms with Crippen LogP contribution in [0.3, 0.4) is 0 Å². The second-order valence-electron chi connectivity index (χ2n) is 7.94. The summed E-state index contributed by atoms with van der Waals surface area (Å²) in [6.45, 7) is 4.84. The predicted octanol–water partition coefficient (Wildman–Crippen LogP) is 5.49. The Hall–Kier alpha value is -2.55. The molecule has 3 rings (SSSR count). The van der Waals surface area contributed by atoms with E-state index in [1.54, 1.807) is 42.5 Å². The Kier molecular flexibility index (Phi) is 8.62. The minimum absolute atomic E-state index is 0.114. The van der Waals surface area contributed by atoms with Gasteiger partial charge in [0.2, 0.25) is 10.0 Å². The fraction of sp³-hybridized carbons (Fsp3) is 0.240. The Balaban J connectivity index is 1.59. The molecule has 180 valence electrons. The molecule has 34 heavy (non-hydrogen) atoms. The summed E-state index contributed by atoms with van der Waals surface area (Å²) in [7, 11) is -3.55. The van der Waals surface area contributed by atoms with Crippen LogP contribution in [-0.2, 0) is 16.6 Å². The van der Waals surface area contributed by atoms with Gasteiger partial charge in [-0.15, -0.1) is 0 Å². The normalized spacial score (nSPS) is 11.2. The van der Waals surface area contributed by atoms with E-state index in [1.807, 2.05) is 32.0 Å². The van der Waals surface area contributed by atoms with Crippen molar-refractivity contribution < 1.29 is 17.9 Å². The monoisotopic (exact) mass is 564 g/mol.